The van der Waals surface area contributed by atoms with Crippen molar-refractivity contribution < 1.29 is 4.74 Å². The zero-order chi connectivity index (χ0) is 24.3. The number of aryl methyl sites for hydroxylation is 1. The first-order valence-electron chi connectivity index (χ1n) is 11.8. The smallest absolute Gasteiger partial charge is 0.166 e. The van der Waals surface area contributed by atoms with Gasteiger partial charge in [-0.3, -0.25) is 0 Å². The second-order valence-corrected chi connectivity index (χ2v) is 9.41. The van der Waals surface area contributed by atoms with Crippen LogP contribution in [0.5, 0.6) is 5.75 Å². The first kappa shape index (κ1) is 24.1. The summed E-state index contributed by atoms with van der Waals surface area (Å²) >= 11 is 6.56. The first-order valence-corrected chi connectivity index (χ1v) is 12.2. The summed E-state index contributed by atoms with van der Waals surface area (Å²) in [4.78, 5) is 4.39. The summed E-state index contributed by atoms with van der Waals surface area (Å²) < 4.78 is 6.30. The van der Waals surface area contributed by atoms with Gasteiger partial charge in [-0.05, 0) is 80.6 Å². The number of pyridine rings is 1. The van der Waals surface area contributed by atoms with Crippen molar-refractivity contribution in [1.29, 1.82) is 5.26 Å². The van der Waals surface area contributed by atoms with E-state index in [4.69, 9.17) is 22.1 Å². The summed E-state index contributed by atoms with van der Waals surface area (Å²) in [5.74, 6) is 0.868. The van der Waals surface area contributed by atoms with Crippen LogP contribution in [-0.4, -0.2) is 18.1 Å². The Kier molecular flexibility index (Phi) is 7.11. The van der Waals surface area contributed by atoms with Crippen LogP contribution < -0.4 is 15.8 Å². The van der Waals surface area contributed by atoms with Gasteiger partial charge in [0.25, 0.3) is 0 Å². The third-order valence-electron chi connectivity index (χ3n) is 6.93. The fraction of sp³-hybridized carbons (Fsp3) is 0.357. The molecule has 1 aromatic heterocycles. The molecule has 2 aromatic carbocycles. The lowest BCUT2D eigenvalue weighted by molar-refractivity contribution is 0.226. The highest BCUT2D eigenvalue weighted by Gasteiger charge is 2.33. The standard InChI is InChI=1S/C28H31ClN4O/c1-4-23-18(2)5-10-24(29)26(23)19(3)34-25-15-21(16-33-27(25)31)20-6-8-22(9-7-20)28(17-30)11-13-32-14-12-28/h5-10,15-16,19,32H,4,11-14H2,1-3H3,(H2,31,33). The van der Waals surface area contributed by atoms with Crippen LogP contribution in [0.3, 0.4) is 0 Å². The Bertz CT molecular complexity index is 1210. The lowest BCUT2D eigenvalue weighted by Gasteiger charge is -2.31. The van der Waals surface area contributed by atoms with E-state index in [0.29, 0.717) is 16.6 Å². The number of benzene rings is 2. The molecule has 5 nitrogen and oxygen atoms in total. The molecule has 3 N–H and O–H groups in total. The Morgan fingerprint density at radius 1 is 1.18 bits per heavy atom. The average molecular weight is 475 g/mol. The molecule has 1 unspecified atom stereocenters. The summed E-state index contributed by atoms with van der Waals surface area (Å²) in [6.07, 6.45) is 3.99. The van der Waals surface area contributed by atoms with E-state index in [-0.39, 0.29) is 6.10 Å². The van der Waals surface area contributed by atoms with Crippen molar-refractivity contribution in [3.8, 4) is 22.9 Å². The second-order valence-electron chi connectivity index (χ2n) is 9.00. The molecular weight excluding hydrogens is 444 g/mol. The largest absolute Gasteiger partial charge is 0.482 e. The topological polar surface area (TPSA) is 84.0 Å². The van der Waals surface area contributed by atoms with Gasteiger partial charge in [-0.1, -0.05) is 48.9 Å². The Morgan fingerprint density at radius 2 is 1.88 bits per heavy atom. The monoisotopic (exact) mass is 474 g/mol. The number of nitrogen functional groups attached to an aromatic ring is 1. The quantitative estimate of drug-likeness (QED) is 0.448. The predicted molar refractivity (Wildman–Crippen MR) is 138 cm³/mol. The molecule has 176 valence electrons. The van der Waals surface area contributed by atoms with E-state index in [0.717, 1.165) is 54.6 Å². The van der Waals surface area contributed by atoms with Gasteiger partial charge >= 0.3 is 0 Å². The van der Waals surface area contributed by atoms with E-state index in [1.807, 2.05) is 37.3 Å². The van der Waals surface area contributed by atoms with E-state index in [1.54, 1.807) is 6.20 Å². The number of nitriles is 1. The zero-order valence-electron chi connectivity index (χ0n) is 20.0. The molecule has 6 heteroatoms. The van der Waals surface area contributed by atoms with Gasteiger partial charge in [-0.2, -0.15) is 5.26 Å². The van der Waals surface area contributed by atoms with E-state index >= 15 is 0 Å². The van der Waals surface area contributed by atoms with Gasteiger partial charge in [0.15, 0.2) is 11.6 Å². The minimum Gasteiger partial charge on any atom is -0.482 e. The molecule has 0 saturated carbocycles. The fourth-order valence-electron chi connectivity index (χ4n) is 4.91. The highest BCUT2D eigenvalue weighted by atomic mass is 35.5. The van der Waals surface area contributed by atoms with E-state index in [2.05, 4.69) is 42.4 Å². The van der Waals surface area contributed by atoms with E-state index < -0.39 is 5.41 Å². The number of aromatic nitrogens is 1. The molecule has 1 saturated heterocycles. The van der Waals surface area contributed by atoms with Crippen molar-refractivity contribution in [2.24, 2.45) is 0 Å². The molecule has 1 aliphatic heterocycles. The van der Waals surface area contributed by atoms with Crippen LogP contribution >= 0.6 is 11.6 Å². The summed E-state index contributed by atoms with van der Waals surface area (Å²) in [7, 11) is 0. The summed E-state index contributed by atoms with van der Waals surface area (Å²) in [6.45, 7) is 7.92. The number of nitrogens with two attached hydrogens (primary N) is 1. The van der Waals surface area contributed by atoms with Gasteiger partial charge in [0, 0.05) is 22.3 Å². The Hall–Kier alpha value is -3.07. The van der Waals surface area contributed by atoms with Crippen LogP contribution in [0.2, 0.25) is 5.02 Å². The molecule has 34 heavy (non-hydrogen) atoms. The number of ether oxygens (including phenoxy) is 1. The Balaban J connectivity index is 1.61. The normalized spacial score (nSPS) is 16.0. The van der Waals surface area contributed by atoms with Crippen molar-refractivity contribution in [3.05, 3.63) is 75.9 Å². The molecule has 1 fully saturated rings. The summed E-state index contributed by atoms with van der Waals surface area (Å²) in [5, 5.41) is 13.9. The minimum atomic E-state index is -0.420. The maximum atomic E-state index is 9.87. The summed E-state index contributed by atoms with van der Waals surface area (Å²) in [5.41, 5.74) is 12.1. The van der Waals surface area contributed by atoms with Crippen LogP contribution in [0.15, 0.2) is 48.7 Å². The van der Waals surface area contributed by atoms with Crippen LogP contribution in [0.1, 0.15) is 55.0 Å². The zero-order valence-corrected chi connectivity index (χ0v) is 20.7. The molecule has 1 atom stereocenters. The van der Waals surface area contributed by atoms with Crippen LogP contribution in [0.4, 0.5) is 5.82 Å². The third kappa shape index (κ3) is 4.61. The Labute approximate surface area is 206 Å². The lowest BCUT2D eigenvalue weighted by atomic mass is 9.74. The van der Waals surface area contributed by atoms with Gasteiger partial charge in [0.1, 0.15) is 6.10 Å². The Morgan fingerprint density at radius 3 is 2.53 bits per heavy atom. The maximum Gasteiger partial charge on any atom is 0.166 e. The van der Waals surface area contributed by atoms with Crippen molar-refractivity contribution in [2.45, 2.75) is 51.6 Å². The number of rotatable bonds is 6. The molecule has 0 radical (unpaired) electrons. The fourth-order valence-corrected chi connectivity index (χ4v) is 5.24. The van der Waals surface area contributed by atoms with Crippen molar-refractivity contribution >= 4 is 17.4 Å². The van der Waals surface area contributed by atoms with Crippen molar-refractivity contribution in [3.63, 3.8) is 0 Å². The van der Waals surface area contributed by atoms with Gasteiger partial charge in [0.05, 0.1) is 11.5 Å². The number of halogens is 1. The lowest BCUT2D eigenvalue weighted by Crippen LogP contribution is -2.38. The molecule has 0 aliphatic carbocycles. The predicted octanol–water partition coefficient (Wildman–Crippen LogP) is 6.14. The molecule has 0 spiro atoms. The molecule has 4 rings (SSSR count). The number of anilines is 1. The van der Waals surface area contributed by atoms with Gasteiger partial charge in [0.2, 0.25) is 0 Å². The molecule has 1 aliphatic rings. The molecule has 0 amide bonds. The van der Waals surface area contributed by atoms with E-state index in [1.165, 1.54) is 11.1 Å². The summed E-state index contributed by atoms with van der Waals surface area (Å²) in [6, 6.07) is 16.7. The first-order chi connectivity index (χ1) is 16.4. The van der Waals surface area contributed by atoms with Gasteiger partial charge in [-0.25, -0.2) is 4.98 Å². The molecule has 3 aromatic rings. The number of hydrogen-bond acceptors (Lipinski definition) is 5. The van der Waals surface area contributed by atoms with Crippen LogP contribution in [0.25, 0.3) is 11.1 Å². The average Bonchev–Trinajstić information content (AvgIpc) is 2.87. The van der Waals surface area contributed by atoms with Gasteiger partial charge in [-0.15, -0.1) is 0 Å². The number of nitrogens with one attached hydrogen (secondary N) is 1. The number of piperidine rings is 1. The highest BCUT2D eigenvalue weighted by Crippen LogP contribution is 2.37. The SMILES string of the molecule is CCc1c(C)ccc(Cl)c1C(C)Oc1cc(-c2ccc(C3(C#N)CCNCC3)cc2)cnc1N. The van der Waals surface area contributed by atoms with E-state index in [9.17, 15) is 5.26 Å². The number of nitrogens with zero attached hydrogens (tertiary/aromatic N) is 2. The molecular formula is C28H31ClN4O. The third-order valence-corrected chi connectivity index (χ3v) is 7.26. The second kappa shape index (κ2) is 10.0. The highest BCUT2D eigenvalue weighted by molar-refractivity contribution is 6.31. The van der Waals surface area contributed by atoms with Gasteiger partial charge < -0.3 is 15.8 Å². The maximum absolute atomic E-state index is 9.87. The van der Waals surface area contributed by atoms with Crippen molar-refractivity contribution in [2.75, 3.05) is 18.8 Å². The van der Waals surface area contributed by atoms with Crippen LogP contribution in [0, 0.1) is 18.3 Å². The number of hydrogen-bond donors (Lipinski definition) is 2. The van der Waals surface area contributed by atoms with Crippen LogP contribution in [-0.2, 0) is 11.8 Å². The molecule has 2 heterocycles. The van der Waals surface area contributed by atoms with Crippen molar-refractivity contribution in [1.82, 2.24) is 10.3 Å². The molecule has 0 bridgehead atoms. The minimum absolute atomic E-state index is 0.278.